The average molecular weight is 618 g/mol. The van der Waals surface area contributed by atoms with Crippen molar-refractivity contribution in [2.24, 2.45) is 50.7 Å². The first-order valence-electron chi connectivity index (χ1n) is 18.3. The van der Waals surface area contributed by atoms with Gasteiger partial charge in [-0.25, -0.2) is 0 Å². The summed E-state index contributed by atoms with van der Waals surface area (Å²) in [6.45, 7) is 21.5. The standard InChI is InChI=1S/C37H63NO6/c1-9-16-38-17-18-42-27(20-38)44-26-12-13-36-21-37(36)15-14-34(7)28-22(2)19-23(30(39)33(5,6)41)43-29(28)31(40)35(34,8)25(37)11-10-24(36)32(26,3)4/h22-31,39-41H,9-21H2,1-8H3/t22-,23?,24+,25?,26?,27+,28+,29?,30+,31+,34-,35-,36-,37+/m1/s1. The highest BCUT2D eigenvalue weighted by Gasteiger charge is 2.84. The number of hydrogen-bond acceptors (Lipinski definition) is 7. The highest BCUT2D eigenvalue weighted by molar-refractivity contribution is 5.33. The molecule has 0 aromatic carbocycles. The molecule has 2 aliphatic heterocycles. The molecule has 0 radical (unpaired) electrons. The van der Waals surface area contributed by atoms with Crippen LogP contribution in [0.1, 0.15) is 113 Å². The van der Waals surface area contributed by atoms with Gasteiger partial charge in [-0.15, -0.1) is 0 Å². The van der Waals surface area contributed by atoms with Gasteiger partial charge in [0.2, 0.25) is 0 Å². The molecule has 0 amide bonds. The Bertz CT molecular complexity index is 1110. The summed E-state index contributed by atoms with van der Waals surface area (Å²) in [6.07, 6.45) is 8.13. The van der Waals surface area contributed by atoms with E-state index in [9.17, 15) is 15.3 Å². The third-order valence-electron chi connectivity index (χ3n) is 15.8. The first-order chi connectivity index (χ1) is 20.6. The minimum atomic E-state index is -1.24. The van der Waals surface area contributed by atoms with E-state index in [1.165, 1.54) is 32.1 Å². The van der Waals surface area contributed by atoms with Crippen molar-refractivity contribution in [1.82, 2.24) is 4.90 Å². The predicted octanol–water partition coefficient (Wildman–Crippen LogP) is 5.39. The predicted molar refractivity (Wildman–Crippen MR) is 170 cm³/mol. The SMILES string of the molecule is CCCN1CCO[C@@H](OC2CC[C@]34C[C@]35CC[C@]3(C)[C@@H]6C(OC([C@H](O)C(C)(C)O)C[C@H]6C)[C@H](O)[C@@]3(C)C5CC[C@H]4C2(C)C)C1. The third-order valence-corrected chi connectivity index (χ3v) is 15.8. The summed E-state index contributed by atoms with van der Waals surface area (Å²) in [5.74, 6) is 1.70. The van der Waals surface area contributed by atoms with Crippen LogP contribution in [0, 0.1) is 50.7 Å². The van der Waals surface area contributed by atoms with Crippen molar-refractivity contribution in [3.63, 3.8) is 0 Å². The van der Waals surface area contributed by atoms with E-state index in [-0.39, 0.29) is 40.7 Å². The lowest BCUT2D eigenvalue weighted by atomic mass is 9.41. The first-order valence-corrected chi connectivity index (χ1v) is 18.3. The fourth-order valence-electron chi connectivity index (χ4n) is 13.7. The van der Waals surface area contributed by atoms with Gasteiger partial charge in [0, 0.05) is 18.5 Å². The molecule has 7 nitrogen and oxygen atoms in total. The zero-order valence-corrected chi connectivity index (χ0v) is 29.0. The molecule has 3 N–H and O–H groups in total. The van der Waals surface area contributed by atoms with Crippen molar-refractivity contribution in [2.45, 2.75) is 156 Å². The van der Waals surface area contributed by atoms with Crippen molar-refractivity contribution in [3.8, 4) is 0 Å². The van der Waals surface area contributed by atoms with Gasteiger partial charge in [0.25, 0.3) is 0 Å². The smallest absolute Gasteiger partial charge is 0.170 e. The number of morpholine rings is 1. The van der Waals surface area contributed by atoms with Gasteiger partial charge in [-0.05, 0) is 124 Å². The summed E-state index contributed by atoms with van der Waals surface area (Å²) >= 11 is 0. The molecule has 7 rings (SSSR count). The summed E-state index contributed by atoms with van der Waals surface area (Å²) in [6, 6.07) is 0. The Balaban J connectivity index is 1.13. The molecule has 7 fully saturated rings. The minimum Gasteiger partial charge on any atom is -0.390 e. The summed E-state index contributed by atoms with van der Waals surface area (Å²) in [5.41, 5.74) is -0.733. The minimum absolute atomic E-state index is 0.00773. The van der Waals surface area contributed by atoms with Gasteiger partial charge >= 0.3 is 0 Å². The maximum absolute atomic E-state index is 12.4. The van der Waals surface area contributed by atoms with Gasteiger partial charge in [-0.2, -0.15) is 0 Å². The van der Waals surface area contributed by atoms with Crippen molar-refractivity contribution in [2.75, 3.05) is 26.2 Å². The maximum Gasteiger partial charge on any atom is 0.170 e. The molecule has 2 saturated heterocycles. The number of aliphatic hydroxyl groups is 3. The molecule has 7 heteroatoms. The Morgan fingerprint density at radius 3 is 2.43 bits per heavy atom. The lowest BCUT2D eigenvalue weighted by Gasteiger charge is -2.64. The van der Waals surface area contributed by atoms with Crippen LogP contribution in [-0.2, 0) is 14.2 Å². The quantitative estimate of drug-likeness (QED) is 0.369. The molecular weight excluding hydrogens is 554 g/mol. The molecule has 44 heavy (non-hydrogen) atoms. The molecule has 5 saturated carbocycles. The number of nitrogens with zero attached hydrogens (tertiary/aromatic N) is 1. The molecule has 2 heterocycles. The maximum atomic E-state index is 12.4. The van der Waals surface area contributed by atoms with Gasteiger partial charge in [0.1, 0.15) is 6.10 Å². The van der Waals surface area contributed by atoms with E-state index >= 15 is 0 Å². The highest BCUT2D eigenvalue weighted by atomic mass is 16.7. The summed E-state index contributed by atoms with van der Waals surface area (Å²) in [4.78, 5) is 2.50. The van der Waals surface area contributed by atoms with Crippen LogP contribution in [0.4, 0.5) is 0 Å². The second-order valence-corrected chi connectivity index (χ2v) is 18.4. The summed E-state index contributed by atoms with van der Waals surface area (Å²) in [7, 11) is 0. The summed E-state index contributed by atoms with van der Waals surface area (Å²) in [5, 5.41) is 34.0. The number of fused-ring (bicyclic) bond motifs is 4. The zero-order valence-electron chi connectivity index (χ0n) is 29.0. The van der Waals surface area contributed by atoms with Gasteiger partial charge < -0.3 is 29.5 Å². The van der Waals surface area contributed by atoms with E-state index in [1.54, 1.807) is 13.8 Å². The van der Waals surface area contributed by atoms with E-state index in [1.807, 2.05) is 0 Å². The second-order valence-electron chi connectivity index (χ2n) is 18.4. The molecule has 0 aromatic rings. The summed E-state index contributed by atoms with van der Waals surface area (Å²) < 4.78 is 19.7. The molecule has 4 unspecified atom stereocenters. The van der Waals surface area contributed by atoms with Crippen molar-refractivity contribution in [3.05, 3.63) is 0 Å². The number of hydrogen-bond donors (Lipinski definition) is 3. The molecule has 7 aliphatic rings. The topological polar surface area (TPSA) is 91.6 Å². The largest absolute Gasteiger partial charge is 0.390 e. The van der Waals surface area contributed by atoms with Crippen LogP contribution >= 0.6 is 0 Å². The van der Waals surface area contributed by atoms with Crippen LogP contribution in [-0.4, -0.2) is 88.9 Å². The van der Waals surface area contributed by atoms with Crippen LogP contribution in [0.3, 0.4) is 0 Å². The van der Waals surface area contributed by atoms with Crippen LogP contribution in [0.5, 0.6) is 0 Å². The van der Waals surface area contributed by atoms with Gasteiger partial charge in [-0.3, -0.25) is 4.90 Å². The number of rotatable bonds is 6. The third kappa shape index (κ3) is 4.18. The van der Waals surface area contributed by atoms with Crippen molar-refractivity contribution < 1.29 is 29.5 Å². The van der Waals surface area contributed by atoms with Crippen molar-refractivity contribution in [1.29, 1.82) is 0 Å². The van der Waals surface area contributed by atoms with E-state index < -0.39 is 23.9 Å². The van der Waals surface area contributed by atoms with Crippen LogP contribution in [0.15, 0.2) is 0 Å². The lowest BCUT2D eigenvalue weighted by molar-refractivity contribution is -0.248. The Morgan fingerprint density at radius 2 is 1.73 bits per heavy atom. The normalized spacial score (nSPS) is 53.9. The monoisotopic (exact) mass is 617 g/mol. The lowest BCUT2D eigenvalue weighted by Crippen LogP contribution is -2.60. The van der Waals surface area contributed by atoms with E-state index in [4.69, 9.17) is 14.2 Å². The van der Waals surface area contributed by atoms with Gasteiger partial charge in [0.15, 0.2) is 6.29 Å². The van der Waals surface area contributed by atoms with E-state index in [2.05, 4.69) is 46.4 Å². The number of ether oxygens (including phenoxy) is 3. The van der Waals surface area contributed by atoms with Crippen molar-refractivity contribution >= 4 is 0 Å². The Hall–Kier alpha value is -0.280. The van der Waals surface area contributed by atoms with Gasteiger partial charge in [0.05, 0.1) is 36.6 Å². The number of aliphatic hydroxyl groups excluding tert-OH is 2. The zero-order chi connectivity index (χ0) is 31.7. The Morgan fingerprint density at radius 1 is 1.02 bits per heavy atom. The second kappa shape index (κ2) is 10.4. The molecule has 14 atom stereocenters. The Kier molecular flexibility index (Phi) is 7.60. The average Bonchev–Trinajstić information content (AvgIpc) is 3.59. The first kappa shape index (κ1) is 32.3. The fraction of sp³-hybridized carbons (Fsp3) is 1.00. The molecule has 0 bridgehead atoms. The molecular formula is C37H63NO6. The molecule has 2 spiro atoms. The van der Waals surface area contributed by atoms with Crippen LogP contribution in [0.25, 0.3) is 0 Å². The fourth-order valence-corrected chi connectivity index (χ4v) is 13.7. The van der Waals surface area contributed by atoms with Crippen LogP contribution in [0.2, 0.25) is 0 Å². The van der Waals surface area contributed by atoms with Gasteiger partial charge in [-0.1, -0.05) is 41.5 Å². The molecule has 252 valence electrons. The molecule has 5 aliphatic carbocycles. The molecule has 0 aromatic heterocycles. The van der Waals surface area contributed by atoms with E-state index in [0.29, 0.717) is 28.6 Å². The van der Waals surface area contributed by atoms with E-state index in [0.717, 1.165) is 51.9 Å². The van der Waals surface area contributed by atoms with Crippen LogP contribution < -0.4 is 0 Å². The Labute approximate surface area is 266 Å². The highest BCUT2D eigenvalue weighted by Crippen LogP contribution is 2.89.